The minimum atomic E-state index is 0.00363. The third-order valence-electron chi connectivity index (χ3n) is 8.28. The number of fused-ring (bicyclic) bond motifs is 1. The molecule has 4 aromatic rings. The molecule has 0 atom stereocenters. The van der Waals surface area contributed by atoms with E-state index in [1.54, 1.807) is 20.2 Å². The number of methoxy groups -OCH3 is 1. The van der Waals surface area contributed by atoms with E-state index < -0.39 is 0 Å². The lowest BCUT2D eigenvalue weighted by Gasteiger charge is -2.28. The molecule has 0 radical (unpaired) electrons. The second-order valence-corrected chi connectivity index (χ2v) is 11.4. The van der Waals surface area contributed by atoms with Crippen LogP contribution < -0.4 is 9.64 Å². The molecule has 3 aromatic carbocycles. The predicted octanol–water partition coefficient (Wildman–Crippen LogP) is 6.37. The van der Waals surface area contributed by atoms with Crippen molar-refractivity contribution >= 4 is 17.5 Å². The molecule has 2 heterocycles. The van der Waals surface area contributed by atoms with Crippen molar-refractivity contribution in [2.75, 3.05) is 38.2 Å². The quantitative estimate of drug-likeness (QED) is 0.239. The van der Waals surface area contributed by atoms with Crippen LogP contribution in [-0.2, 0) is 29.1 Å². The second-order valence-electron chi connectivity index (χ2n) is 11.4. The Labute approximate surface area is 261 Å². The molecule has 1 aromatic heterocycles. The normalized spacial score (nSPS) is 14.4. The van der Waals surface area contributed by atoms with E-state index in [1.165, 1.54) is 5.56 Å². The number of carbonyl (C=O) groups is 2. The first-order valence-electron chi connectivity index (χ1n) is 15.5. The second kappa shape index (κ2) is 15.3. The molecule has 0 N–H and O–H groups in total. The number of nitrogens with zero attached hydrogens (tertiary/aromatic N) is 4. The number of anilines is 1. The standard InChI is InChI=1S/C37H42N4O3/c1-29(42)41-22-10-21-39(27-30-11-4-3-5-12-30)23-24-40(37(43)17-8-14-31-13-6-7-16-36(31)44-2)28-34-25-32(18-19-35(34)41)33-15-9-20-38-26-33/h3-7,9,11-13,15-16,18-20,25-26H,8,10,14,17,21-24,27-28H2,1-2H3. The summed E-state index contributed by atoms with van der Waals surface area (Å²) in [5.41, 5.74) is 6.21. The zero-order valence-corrected chi connectivity index (χ0v) is 25.8. The summed E-state index contributed by atoms with van der Waals surface area (Å²) in [7, 11) is 1.68. The lowest BCUT2D eigenvalue weighted by atomic mass is 10.0. The summed E-state index contributed by atoms with van der Waals surface area (Å²) < 4.78 is 5.53. The molecule has 0 saturated heterocycles. The summed E-state index contributed by atoms with van der Waals surface area (Å²) in [6.45, 7) is 5.67. The smallest absolute Gasteiger partial charge is 0.223 e. The lowest BCUT2D eigenvalue weighted by Crippen LogP contribution is -2.38. The van der Waals surface area contributed by atoms with Crippen molar-refractivity contribution in [3.63, 3.8) is 0 Å². The number of ether oxygens (including phenoxy) is 1. The molecule has 0 saturated carbocycles. The van der Waals surface area contributed by atoms with E-state index in [9.17, 15) is 9.59 Å². The highest BCUT2D eigenvalue weighted by Crippen LogP contribution is 2.30. The first-order chi connectivity index (χ1) is 21.5. The van der Waals surface area contributed by atoms with Crippen LogP contribution in [0.4, 0.5) is 5.69 Å². The van der Waals surface area contributed by atoms with Crippen molar-refractivity contribution in [1.82, 2.24) is 14.8 Å². The van der Waals surface area contributed by atoms with Crippen molar-refractivity contribution < 1.29 is 14.3 Å². The largest absolute Gasteiger partial charge is 0.496 e. The van der Waals surface area contributed by atoms with Gasteiger partial charge >= 0.3 is 0 Å². The van der Waals surface area contributed by atoms with Gasteiger partial charge in [-0.1, -0.05) is 60.7 Å². The molecule has 0 fully saturated rings. The van der Waals surface area contributed by atoms with E-state index in [0.717, 1.165) is 72.6 Å². The Morgan fingerprint density at radius 1 is 0.864 bits per heavy atom. The summed E-state index contributed by atoms with van der Waals surface area (Å²) in [5, 5.41) is 0. The first kappa shape index (κ1) is 31.0. The highest BCUT2D eigenvalue weighted by atomic mass is 16.5. The molecule has 44 heavy (non-hydrogen) atoms. The summed E-state index contributed by atoms with van der Waals surface area (Å²) in [6, 6.07) is 28.6. The number of hydrogen-bond donors (Lipinski definition) is 0. The third-order valence-corrected chi connectivity index (χ3v) is 8.28. The number of aryl methyl sites for hydroxylation is 1. The maximum Gasteiger partial charge on any atom is 0.223 e. The number of pyridine rings is 1. The fraction of sp³-hybridized carbons (Fsp3) is 0.324. The molecular weight excluding hydrogens is 548 g/mol. The Kier molecular flexibility index (Phi) is 10.8. The van der Waals surface area contributed by atoms with Crippen molar-refractivity contribution in [2.45, 2.75) is 45.7 Å². The van der Waals surface area contributed by atoms with Crippen LogP contribution in [0.15, 0.2) is 97.3 Å². The molecule has 228 valence electrons. The van der Waals surface area contributed by atoms with Crippen LogP contribution in [0.1, 0.15) is 42.9 Å². The van der Waals surface area contributed by atoms with E-state index >= 15 is 0 Å². The molecule has 0 aliphatic carbocycles. The highest BCUT2D eigenvalue weighted by molar-refractivity contribution is 5.93. The van der Waals surface area contributed by atoms with Crippen molar-refractivity contribution in [2.24, 2.45) is 0 Å². The van der Waals surface area contributed by atoms with Crippen LogP contribution in [0, 0.1) is 0 Å². The number of aromatic nitrogens is 1. The first-order valence-corrected chi connectivity index (χ1v) is 15.5. The molecule has 5 rings (SSSR count). The molecule has 7 nitrogen and oxygen atoms in total. The average molecular weight is 591 g/mol. The summed E-state index contributed by atoms with van der Waals surface area (Å²) in [6.07, 6.45) is 6.37. The summed E-state index contributed by atoms with van der Waals surface area (Å²) >= 11 is 0. The number of amides is 2. The predicted molar refractivity (Wildman–Crippen MR) is 175 cm³/mol. The number of carbonyl (C=O) groups excluding carboxylic acids is 2. The Bertz CT molecular complexity index is 1530. The number of hydrogen-bond acceptors (Lipinski definition) is 5. The number of rotatable bonds is 8. The number of benzene rings is 3. The van der Waals surface area contributed by atoms with Gasteiger partial charge in [0.15, 0.2) is 0 Å². The van der Waals surface area contributed by atoms with Gasteiger partial charge in [-0.05, 0) is 71.3 Å². The van der Waals surface area contributed by atoms with Gasteiger partial charge in [-0.2, -0.15) is 0 Å². The van der Waals surface area contributed by atoms with Gasteiger partial charge in [-0.3, -0.25) is 19.5 Å². The van der Waals surface area contributed by atoms with Gasteiger partial charge in [0.05, 0.1) is 7.11 Å². The zero-order valence-electron chi connectivity index (χ0n) is 25.8. The van der Waals surface area contributed by atoms with E-state index in [2.05, 4.69) is 46.3 Å². The van der Waals surface area contributed by atoms with Crippen LogP contribution in [0.2, 0.25) is 0 Å². The molecule has 7 heteroatoms. The molecule has 1 aliphatic heterocycles. The molecule has 1 aliphatic rings. The maximum atomic E-state index is 13.9. The minimum Gasteiger partial charge on any atom is -0.496 e. The molecule has 0 unspecified atom stereocenters. The Balaban J connectivity index is 1.43. The van der Waals surface area contributed by atoms with Crippen LogP contribution in [0.3, 0.4) is 0 Å². The molecule has 0 spiro atoms. The lowest BCUT2D eigenvalue weighted by molar-refractivity contribution is -0.132. The van der Waals surface area contributed by atoms with E-state index in [-0.39, 0.29) is 11.8 Å². The van der Waals surface area contributed by atoms with Crippen LogP contribution in [0.5, 0.6) is 5.75 Å². The summed E-state index contributed by atoms with van der Waals surface area (Å²) in [5.74, 6) is 0.975. The minimum absolute atomic E-state index is 0.00363. The van der Waals surface area contributed by atoms with Gasteiger partial charge < -0.3 is 14.5 Å². The van der Waals surface area contributed by atoms with Gasteiger partial charge in [0.2, 0.25) is 11.8 Å². The van der Waals surface area contributed by atoms with E-state index in [1.807, 2.05) is 64.5 Å². The van der Waals surface area contributed by atoms with Crippen LogP contribution in [-0.4, -0.2) is 59.9 Å². The Morgan fingerprint density at radius 2 is 1.68 bits per heavy atom. The van der Waals surface area contributed by atoms with Crippen LogP contribution in [0.25, 0.3) is 11.1 Å². The van der Waals surface area contributed by atoms with Gasteiger partial charge in [-0.25, -0.2) is 0 Å². The van der Waals surface area contributed by atoms with Crippen molar-refractivity contribution in [1.29, 1.82) is 0 Å². The zero-order chi connectivity index (χ0) is 30.7. The molecule has 2 amide bonds. The average Bonchev–Trinajstić information content (AvgIpc) is 3.09. The van der Waals surface area contributed by atoms with Crippen molar-refractivity contribution in [3.8, 4) is 16.9 Å². The van der Waals surface area contributed by atoms with Crippen LogP contribution >= 0.6 is 0 Å². The Hall–Kier alpha value is -4.49. The summed E-state index contributed by atoms with van der Waals surface area (Å²) in [4.78, 5) is 37.5. The van der Waals surface area contributed by atoms with Gasteiger partial charge in [0.25, 0.3) is 0 Å². The highest BCUT2D eigenvalue weighted by Gasteiger charge is 2.23. The fourth-order valence-electron chi connectivity index (χ4n) is 5.96. The monoisotopic (exact) mass is 590 g/mol. The van der Waals surface area contributed by atoms with E-state index in [4.69, 9.17) is 4.74 Å². The maximum absolute atomic E-state index is 13.9. The van der Waals surface area contributed by atoms with Crippen molar-refractivity contribution in [3.05, 3.63) is 114 Å². The number of para-hydroxylation sites is 1. The Morgan fingerprint density at radius 3 is 2.45 bits per heavy atom. The van der Waals surface area contributed by atoms with Gasteiger partial charge in [0, 0.05) is 70.7 Å². The third kappa shape index (κ3) is 8.11. The fourth-order valence-corrected chi connectivity index (χ4v) is 5.96. The van der Waals surface area contributed by atoms with E-state index in [0.29, 0.717) is 26.1 Å². The van der Waals surface area contributed by atoms with Gasteiger partial charge in [-0.15, -0.1) is 0 Å². The topological polar surface area (TPSA) is 66.0 Å². The molecule has 0 bridgehead atoms. The molecular formula is C37H42N4O3. The SMILES string of the molecule is COc1ccccc1CCCC(=O)N1CCN(Cc2ccccc2)CCCN(C(C)=O)c2ccc(-c3cccnc3)cc2C1. The van der Waals surface area contributed by atoms with Gasteiger partial charge in [0.1, 0.15) is 5.75 Å².